The lowest BCUT2D eigenvalue weighted by molar-refractivity contribution is -0.141. The molecule has 2 rings (SSSR count). The van der Waals surface area contributed by atoms with Crippen LogP contribution in [0, 0.1) is 12.3 Å². The lowest BCUT2D eigenvalue weighted by Crippen LogP contribution is -2.33. The Morgan fingerprint density at radius 3 is 2.44 bits per heavy atom. The predicted molar refractivity (Wildman–Crippen MR) is 98.1 cm³/mol. The van der Waals surface area contributed by atoms with Crippen LogP contribution in [0.3, 0.4) is 0 Å². The van der Waals surface area contributed by atoms with Crippen LogP contribution in [0.5, 0.6) is 0 Å². The number of hydrogen-bond donors (Lipinski definition) is 1. The summed E-state index contributed by atoms with van der Waals surface area (Å²) in [6.45, 7) is 5.76. The molecule has 0 aliphatic carbocycles. The maximum atomic E-state index is 12.4. The number of amides is 1. The fourth-order valence-corrected chi connectivity index (χ4v) is 6.06. The molecule has 27 heavy (non-hydrogen) atoms. The monoisotopic (exact) mass is 418 g/mol. The maximum Gasteiger partial charge on any atom is 0.321 e. The van der Waals surface area contributed by atoms with E-state index in [1.165, 1.54) is 39.0 Å². The van der Waals surface area contributed by atoms with Crippen molar-refractivity contribution in [3.8, 4) is 0 Å². The molecule has 9 nitrogen and oxygen atoms in total. The molecule has 0 bridgehead atoms. The smallest absolute Gasteiger partial charge is 0.321 e. The summed E-state index contributed by atoms with van der Waals surface area (Å²) in [4.78, 5) is 23.7. The minimum absolute atomic E-state index is 0.0763. The maximum absolute atomic E-state index is 12.4. The van der Waals surface area contributed by atoms with Crippen LogP contribution in [0.1, 0.15) is 26.3 Å². The van der Waals surface area contributed by atoms with Crippen molar-refractivity contribution in [2.45, 2.75) is 32.6 Å². The van der Waals surface area contributed by atoms with Gasteiger partial charge in [-0.1, -0.05) is 0 Å². The van der Waals surface area contributed by atoms with Crippen molar-refractivity contribution in [3.05, 3.63) is 23.8 Å². The van der Waals surface area contributed by atoms with Crippen LogP contribution >= 0.6 is 0 Å². The number of hydrogen-bond acceptors (Lipinski definition) is 7. The third-order valence-corrected chi connectivity index (χ3v) is 7.56. The zero-order valence-electron chi connectivity index (χ0n) is 15.5. The molecule has 0 saturated carbocycles. The predicted octanol–water partition coefficient (Wildman–Crippen LogP) is 0.539. The van der Waals surface area contributed by atoms with Crippen LogP contribution in [0.15, 0.2) is 23.1 Å². The van der Waals surface area contributed by atoms with Gasteiger partial charge in [0.15, 0.2) is 0 Å². The van der Waals surface area contributed by atoms with Gasteiger partial charge in [-0.05, 0) is 51.5 Å². The summed E-state index contributed by atoms with van der Waals surface area (Å²) in [5.41, 5.74) is -0.748. The highest BCUT2D eigenvalue weighted by Crippen LogP contribution is 2.36. The zero-order chi connectivity index (χ0) is 20.6. The lowest BCUT2D eigenvalue weighted by atomic mass is 9.95. The van der Waals surface area contributed by atoms with E-state index in [1.54, 1.807) is 6.92 Å². The van der Waals surface area contributed by atoms with Crippen molar-refractivity contribution in [1.82, 2.24) is 4.72 Å². The molecule has 1 aliphatic heterocycles. The van der Waals surface area contributed by atoms with Gasteiger partial charge in [-0.3, -0.25) is 9.59 Å². The highest BCUT2D eigenvalue weighted by Gasteiger charge is 2.50. The molecule has 150 valence electrons. The number of rotatable bonds is 6. The largest absolute Gasteiger partial charge is 0.465 e. The molecule has 1 aliphatic rings. The number of carbonyl (C=O) groups is 2. The number of aryl methyl sites for hydroxylation is 1. The fourth-order valence-electron chi connectivity index (χ4n) is 2.77. The first-order chi connectivity index (χ1) is 12.3. The van der Waals surface area contributed by atoms with E-state index in [-0.39, 0.29) is 28.5 Å². The number of ether oxygens (including phenoxy) is 1. The summed E-state index contributed by atoms with van der Waals surface area (Å²) >= 11 is 0. The average molecular weight is 418 g/mol. The number of carbonyl (C=O) groups excluding carboxylic acids is 2. The second-order valence-corrected chi connectivity index (χ2v) is 10.3. The Labute approximate surface area is 158 Å². The quantitative estimate of drug-likeness (QED) is 0.668. The molecule has 1 N–H and O–H groups in total. The molecule has 0 atom stereocenters. The van der Waals surface area contributed by atoms with Gasteiger partial charge in [-0.25, -0.2) is 21.1 Å². The van der Waals surface area contributed by atoms with Crippen LogP contribution < -0.4 is 9.03 Å². The fraction of sp³-hybridized carbons (Fsp3) is 0.500. The average Bonchev–Trinajstić information content (AvgIpc) is 2.68. The Morgan fingerprint density at radius 2 is 1.96 bits per heavy atom. The van der Waals surface area contributed by atoms with Crippen molar-refractivity contribution in [3.63, 3.8) is 0 Å². The minimum Gasteiger partial charge on any atom is -0.465 e. The highest BCUT2D eigenvalue weighted by molar-refractivity contribution is 7.94. The molecule has 1 aromatic rings. The van der Waals surface area contributed by atoms with Crippen molar-refractivity contribution < 1.29 is 31.2 Å². The summed E-state index contributed by atoms with van der Waals surface area (Å²) in [5.74, 6) is -1.61. The van der Waals surface area contributed by atoms with Crippen LogP contribution in [0.4, 0.5) is 5.69 Å². The lowest BCUT2D eigenvalue weighted by Gasteiger charge is -2.19. The number of nitrogens with zero attached hydrogens (tertiary/aromatic N) is 1. The van der Waals surface area contributed by atoms with E-state index in [4.69, 9.17) is 0 Å². The van der Waals surface area contributed by atoms with E-state index in [9.17, 15) is 26.4 Å². The molecular weight excluding hydrogens is 396 g/mol. The third kappa shape index (κ3) is 4.30. The van der Waals surface area contributed by atoms with Crippen LogP contribution in [0.25, 0.3) is 0 Å². The zero-order valence-corrected chi connectivity index (χ0v) is 17.1. The summed E-state index contributed by atoms with van der Waals surface area (Å²) in [7, 11) is -7.85. The van der Waals surface area contributed by atoms with E-state index < -0.39 is 43.9 Å². The Balaban J connectivity index is 2.33. The Morgan fingerprint density at radius 1 is 1.33 bits per heavy atom. The molecule has 0 aromatic heterocycles. The first-order valence-electron chi connectivity index (χ1n) is 8.15. The van der Waals surface area contributed by atoms with Gasteiger partial charge in [0.25, 0.3) is 0 Å². The second-order valence-electron chi connectivity index (χ2n) is 6.79. The van der Waals surface area contributed by atoms with Crippen LogP contribution in [-0.2, 0) is 34.4 Å². The van der Waals surface area contributed by atoms with Crippen LogP contribution in [-0.4, -0.2) is 47.6 Å². The number of nitrogens with one attached hydrogen (secondary N) is 1. The van der Waals surface area contributed by atoms with Gasteiger partial charge in [-0.2, -0.15) is 4.72 Å². The van der Waals surface area contributed by atoms with Crippen molar-refractivity contribution >= 4 is 37.6 Å². The van der Waals surface area contributed by atoms with Gasteiger partial charge < -0.3 is 4.74 Å². The third-order valence-electron chi connectivity index (χ3n) is 3.98. The van der Waals surface area contributed by atoms with Gasteiger partial charge >= 0.3 is 5.97 Å². The Hall–Kier alpha value is -1.98. The van der Waals surface area contributed by atoms with E-state index in [2.05, 4.69) is 9.46 Å². The standard InChI is InChI=1S/C16H22N2O7S2/c1-5-25-14(19)9-17-27(23,24)13-7-6-12(8-11(13)2)18-15(20)16(3,4)10-26(18,21)22/h6-8,17H,5,9-10H2,1-4H3. The molecule has 1 amide bonds. The van der Waals surface area contributed by atoms with Crippen molar-refractivity contribution in [2.75, 3.05) is 23.2 Å². The Bertz CT molecular complexity index is 982. The first kappa shape index (κ1) is 21.3. The topological polar surface area (TPSA) is 127 Å². The molecule has 11 heteroatoms. The van der Waals surface area contributed by atoms with E-state index >= 15 is 0 Å². The summed E-state index contributed by atoms with van der Waals surface area (Å²) < 4.78 is 56.9. The molecule has 1 saturated heterocycles. The molecule has 0 radical (unpaired) electrons. The number of sulfonamides is 2. The van der Waals surface area contributed by atoms with Crippen molar-refractivity contribution in [2.24, 2.45) is 5.41 Å². The summed E-state index contributed by atoms with van der Waals surface area (Å²) in [5, 5.41) is 0. The van der Waals surface area contributed by atoms with Crippen LogP contribution in [0.2, 0.25) is 0 Å². The van der Waals surface area contributed by atoms with Crippen molar-refractivity contribution in [1.29, 1.82) is 0 Å². The molecule has 1 aromatic carbocycles. The highest BCUT2D eigenvalue weighted by atomic mass is 32.2. The normalized spacial score (nSPS) is 18.5. The number of esters is 1. The number of anilines is 1. The number of benzene rings is 1. The Kier molecular flexibility index (Phi) is 5.69. The van der Waals surface area contributed by atoms with E-state index in [1.807, 2.05) is 0 Å². The van der Waals surface area contributed by atoms with Gasteiger partial charge in [0, 0.05) is 0 Å². The second kappa shape index (κ2) is 7.21. The first-order valence-corrected chi connectivity index (χ1v) is 11.2. The molecule has 0 spiro atoms. The minimum atomic E-state index is -4.01. The molecular formula is C16H22N2O7S2. The summed E-state index contributed by atoms with van der Waals surface area (Å²) in [6, 6.07) is 3.77. The molecule has 0 unspecified atom stereocenters. The van der Waals surface area contributed by atoms with Gasteiger partial charge in [0.1, 0.15) is 6.54 Å². The van der Waals surface area contributed by atoms with Gasteiger partial charge in [0.2, 0.25) is 26.0 Å². The van der Waals surface area contributed by atoms with Gasteiger partial charge in [-0.15, -0.1) is 0 Å². The molecule has 1 heterocycles. The van der Waals surface area contributed by atoms with Gasteiger partial charge in [0.05, 0.1) is 28.4 Å². The molecule has 1 fully saturated rings. The van der Waals surface area contributed by atoms with E-state index in [0.717, 1.165) is 0 Å². The van der Waals surface area contributed by atoms with E-state index in [0.29, 0.717) is 4.31 Å². The SMILES string of the molecule is CCOC(=O)CNS(=O)(=O)c1ccc(N2C(=O)C(C)(C)CS2(=O)=O)cc1C. The summed E-state index contributed by atoms with van der Waals surface area (Å²) in [6.07, 6.45) is 0.